The van der Waals surface area contributed by atoms with Crippen molar-refractivity contribution in [2.24, 2.45) is 10.9 Å². The second-order valence-corrected chi connectivity index (χ2v) is 7.52. The standard InChI is InChI=1S/C20H32BrN3O2/c1-3-22-20(24(2)15-18-7-4-5-8-19(18)21)23-11-6-12-26-16-17-9-13-25-14-10-17/h4-5,7-8,17H,3,6,9-16H2,1-2H3,(H,22,23). The predicted octanol–water partition coefficient (Wildman–Crippen LogP) is 3.68. The molecular formula is C20H32BrN3O2. The first-order valence-electron chi connectivity index (χ1n) is 9.59. The third kappa shape index (κ3) is 7.64. The second-order valence-electron chi connectivity index (χ2n) is 6.67. The van der Waals surface area contributed by atoms with E-state index in [4.69, 9.17) is 14.5 Å². The molecule has 1 aromatic carbocycles. The summed E-state index contributed by atoms with van der Waals surface area (Å²) in [5, 5.41) is 3.37. The van der Waals surface area contributed by atoms with Crippen LogP contribution < -0.4 is 5.32 Å². The minimum Gasteiger partial charge on any atom is -0.381 e. The van der Waals surface area contributed by atoms with Gasteiger partial charge in [0.25, 0.3) is 0 Å². The molecule has 0 bridgehead atoms. The van der Waals surface area contributed by atoms with E-state index in [1.165, 1.54) is 5.56 Å². The Kier molecular flexibility index (Phi) is 10.0. The molecular weight excluding hydrogens is 394 g/mol. The summed E-state index contributed by atoms with van der Waals surface area (Å²) in [6.45, 7) is 7.94. The van der Waals surface area contributed by atoms with Crippen molar-refractivity contribution in [3.05, 3.63) is 34.3 Å². The van der Waals surface area contributed by atoms with Gasteiger partial charge in [0.15, 0.2) is 5.96 Å². The number of nitrogens with zero attached hydrogens (tertiary/aromatic N) is 2. The molecule has 1 heterocycles. The van der Waals surface area contributed by atoms with Gasteiger partial charge in [-0.15, -0.1) is 0 Å². The van der Waals surface area contributed by atoms with Crippen molar-refractivity contribution < 1.29 is 9.47 Å². The number of hydrogen-bond acceptors (Lipinski definition) is 3. The monoisotopic (exact) mass is 425 g/mol. The van der Waals surface area contributed by atoms with Crippen LogP contribution in [0.5, 0.6) is 0 Å². The predicted molar refractivity (Wildman–Crippen MR) is 111 cm³/mol. The lowest BCUT2D eigenvalue weighted by molar-refractivity contribution is 0.0205. The van der Waals surface area contributed by atoms with Crippen LogP contribution in [0.1, 0.15) is 31.7 Å². The zero-order valence-electron chi connectivity index (χ0n) is 16.0. The third-order valence-electron chi connectivity index (χ3n) is 4.46. The Balaban J connectivity index is 1.72. The molecule has 2 rings (SSSR count). The van der Waals surface area contributed by atoms with Crippen molar-refractivity contribution in [3.8, 4) is 0 Å². The van der Waals surface area contributed by atoms with Crippen LogP contribution in [0.25, 0.3) is 0 Å². The Morgan fingerprint density at radius 3 is 2.85 bits per heavy atom. The van der Waals surface area contributed by atoms with Gasteiger partial charge >= 0.3 is 0 Å². The fourth-order valence-electron chi connectivity index (χ4n) is 2.94. The smallest absolute Gasteiger partial charge is 0.193 e. The van der Waals surface area contributed by atoms with E-state index in [-0.39, 0.29) is 0 Å². The molecule has 1 saturated heterocycles. The first-order valence-corrected chi connectivity index (χ1v) is 10.4. The molecule has 26 heavy (non-hydrogen) atoms. The van der Waals surface area contributed by atoms with Crippen LogP contribution in [0.4, 0.5) is 0 Å². The van der Waals surface area contributed by atoms with Crippen LogP contribution in [-0.2, 0) is 16.0 Å². The Labute approximate surface area is 166 Å². The topological polar surface area (TPSA) is 46.1 Å². The molecule has 0 radical (unpaired) electrons. The zero-order valence-corrected chi connectivity index (χ0v) is 17.6. The van der Waals surface area contributed by atoms with Crippen molar-refractivity contribution in [1.29, 1.82) is 0 Å². The molecule has 1 N–H and O–H groups in total. The van der Waals surface area contributed by atoms with Gasteiger partial charge in [-0.2, -0.15) is 0 Å². The van der Waals surface area contributed by atoms with Gasteiger partial charge in [0.1, 0.15) is 0 Å². The zero-order chi connectivity index (χ0) is 18.6. The normalized spacial score (nSPS) is 15.9. The number of benzene rings is 1. The molecule has 1 fully saturated rings. The maximum absolute atomic E-state index is 5.82. The van der Waals surface area contributed by atoms with E-state index in [2.05, 4.69) is 58.3 Å². The SMILES string of the molecule is CCNC(=NCCCOCC1CCOCC1)N(C)Cc1ccccc1Br. The maximum Gasteiger partial charge on any atom is 0.193 e. The fourth-order valence-corrected chi connectivity index (χ4v) is 3.35. The Morgan fingerprint density at radius 1 is 1.35 bits per heavy atom. The molecule has 0 atom stereocenters. The van der Waals surface area contributed by atoms with E-state index in [1.54, 1.807) is 0 Å². The molecule has 0 spiro atoms. The van der Waals surface area contributed by atoms with E-state index in [0.717, 1.165) is 75.8 Å². The van der Waals surface area contributed by atoms with Crippen molar-refractivity contribution >= 4 is 21.9 Å². The highest BCUT2D eigenvalue weighted by molar-refractivity contribution is 9.10. The molecule has 0 saturated carbocycles. The lowest BCUT2D eigenvalue weighted by atomic mass is 10.0. The van der Waals surface area contributed by atoms with Crippen LogP contribution in [0.15, 0.2) is 33.7 Å². The van der Waals surface area contributed by atoms with Gasteiger partial charge in [-0.05, 0) is 43.7 Å². The number of ether oxygens (including phenoxy) is 2. The summed E-state index contributed by atoms with van der Waals surface area (Å²) in [7, 11) is 2.07. The number of hydrogen-bond donors (Lipinski definition) is 1. The molecule has 1 aromatic rings. The average molecular weight is 426 g/mol. The second kappa shape index (κ2) is 12.3. The first kappa shape index (κ1) is 21.2. The number of nitrogens with one attached hydrogen (secondary N) is 1. The van der Waals surface area contributed by atoms with Crippen molar-refractivity contribution in [2.75, 3.05) is 46.6 Å². The van der Waals surface area contributed by atoms with Crippen LogP contribution in [0, 0.1) is 5.92 Å². The molecule has 146 valence electrons. The molecule has 5 nitrogen and oxygen atoms in total. The third-order valence-corrected chi connectivity index (χ3v) is 5.24. The molecule has 0 aromatic heterocycles. The van der Waals surface area contributed by atoms with Crippen LogP contribution in [0.2, 0.25) is 0 Å². The highest BCUT2D eigenvalue weighted by Crippen LogP contribution is 2.17. The molecule has 0 unspecified atom stereocenters. The highest BCUT2D eigenvalue weighted by Gasteiger charge is 2.13. The molecule has 6 heteroatoms. The number of aliphatic imine (C=N–C) groups is 1. The number of guanidine groups is 1. The Morgan fingerprint density at radius 2 is 2.12 bits per heavy atom. The van der Waals surface area contributed by atoms with E-state index in [0.29, 0.717) is 5.92 Å². The summed E-state index contributed by atoms with van der Waals surface area (Å²) in [5.41, 5.74) is 1.25. The number of rotatable bonds is 9. The summed E-state index contributed by atoms with van der Waals surface area (Å²) in [6, 6.07) is 8.30. The minimum atomic E-state index is 0.667. The largest absolute Gasteiger partial charge is 0.381 e. The summed E-state index contributed by atoms with van der Waals surface area (Å²) in [6.07, 6.45) is 3.20. The quantitative estimate of drug-likeness (QED) is 0.372. The average Bonchev–Trinajstić information content (AvgIpc) is 2.66. The van der Waals surface area contributed by atoms with Crippen molar-refractivity contribution in [3.63, 3.8) is 0 Å². The molecule has 1 aliphatic rings. The van der Waals surface area contributed by atoms with Crippen molar-refractivity contribution in [2.45, 2.75) is 32.7 Å². The van der Waals surface area contributed by atoms with Gasteiger partial charge in [0, 0.05) is 57.6 Å². The van der Waals surface area contributed by atoms with Crippen molar-refractivity contribution in [1.82, 2.24) is 10.2 Å². The molecule has 0 aliphatic carbocycles. The van der Waals surface area contributed by atoms with Gasteiger partial charge < -0.3 is 19.7 Å². The number of halogens is 1. The van der Waals surface area contributed by atoms with Crippen LogP contribution in [-0.4, -0.2) is 57.4 Å². The van der Waals surface area contributed by atoms with Gasteiger partial charge in [-0.1, -0.05) is 34.1 Å². The van der Waals surface area contributed by atoms with E-state index < -0.39 is 0 Å². The van der Waals surface area contributed by atoms with Gasteiger partial charge in [-0.3, -0.25) is 4.99 Å². The minimum absolute atomic E-state index is 0.667. The summed E-state index contributed by atoms with van der Waals surface area (Å²) in [4.78, 5) is 6.90. The molecule has 0 amide bonds. The first-order chi connectivity index (χ1) is 12.7. The van der Waals surface area contributed by atoms with Crippen LogP contribution >= 0.6 is 15.9 Å². The van der Waals surface area contributed by atoms with Gasteiger partial charge in [0.2, 0.25) is 0 Å². The van der Waals surface area contributed by atoms with Gasteiger partial charge in [-0.25, -0.2) is 0 Å². The molecule has 1 aliphatic heterocycles. The highest BCUT2D eigenvalue weighted by atomic mass is 79.9. The summed E-state index contributed by atoms with van der Waals surface area (Å²) in [5.74, 6) is 1.60. The van der Waals surface area contributed by atoms with E-state index in [9.17, 15) is 0 Å². The maximum atomic E-state index is 5.82. The summed E-state index contributed by atoms with van der Waals surface area (Å²) < 4.78 is 12.3. The Bertz CT molecular complexity index is 548. The lowest BCUT2D eigenvalue weighted by Crippen LogP contribution is -2.38. The summed E-state index contributed by atoms with van der Waals surface area (Å²) >= 11 is 3.62. The lowest BCUT2D eigenvalue weighted by Gasteiger charge is -2.23. The van der Waals surface area contributed by atoms with E-state index >= 15 is 0 Å². The van der Waals surface area contributed by atoms with Crippen LogP contribution in [0.3, 0.4) is 0 Å². The van der Waals surface area contributed by atoms with Gasteiger partial charge in [0.05, 0.1) is 0 Å². The fraction of sp³-hybridized carbons (Fsp3) is 0.650. The Hall–Kier alpha value is -1.11. The van der Waals surface area contributed by atoms with E-state index in [1.807, 2.05) is 6.07 Å².